The second-order valence-corrected chi connectivity index (χ2v) is 4.40. The van der Waals surface area contributed by atoms with Crippen molar-refractivity contribution in [3.63, 3.8) is 0 Å². The van der Waals surface area contributed by atoms with E-state index in [9.17, 15) is 4.79 Å². The lowest BCUT2D eigenvalue weighted by Gasteiger charge is -2.27. The van der Waals surface area contributed by atoms with Gasteiger partial charge in [0.25, 0.3) is 0 Å². The molecular weight excluding hydrogens is 230 g/mol. The summed E-state index contributed by atoms with van der Waals surface area (Å²) in [6.07, 6.45) is 0. The number of hydrogen-bond donors (Lipinski definition) is 3. The normalized spacial score (nSPS) is 14.7. The van der Waals surface area contributed by atoms with E-state index in [1.165, 1.54) is 0 Å². The van der Waals surface area contributed by atoms with Crippen LogP contribution >= 0.6 is 0 Å². The van der Waals surface area contributed by atoms with E-state index in [1.54, 1.807) is 7.11 Å². The van der Waals surface area contributed by atoms with Gasteiger partial charge < -0.3 is 20.7 Å². The molecule has 3 N–H and O–H groups in total. The molecule has 1 saturated heterocycles. The average molecular weight is 249 g/mol. The van der Waals surface area contributed by atoms with Crippen LogP contribution in [0, 0.1) is 5.92 Å². The molecule has 5 heteroatoms. The minimum absolute atomic E-state index is 0.132. The van der Waals surface area contributed by atoms with Crippen molar-refractivity contribution in [2.45, 2.75) is 6.54 Å². The highest BCUT2D eigenvalue weighted by atomic mass is 16.5. The highest BCUT2D eigenvalue weighted by Crippen LogP contribution is 2.16. The zero-order chi connectivity index (χ0) is 12.8. The Morgan fingerprint density at radius 3 is 2.83 bits per heavy atom. The summed E-state index contributed by atoms with van der Waals surface area (Å²) in [6.45, 7) is 3.18. The molecule has 0 unspecified atom stereocenters. The lowest BCUT2D eigenvalue weighted by atomic mass is 10.0. The van der Waals surface area contributed by atoms with Gasteiger partial charge in [0.2, 0.25) is 0 Å². The van der Waals surface area contributed by atoms with Gasteiger partial charge in [-0.3, -0.25) is 0 Å². The Hall–Kier alpha value is -1.75. The van der Waals surface area contributed by atoms with Crippen LogP contribution < -0.4 is 20.7 Å². The smallest absolute Gasteiger partial charge is 0.315 e. The van der Waals surface area contributed by atoms with Gasteiger partial charge in [0.05, 0.1) is 7.11 Å². The third-order valence-corrected chi connectivity index (χ3v) is 3.05. The van der Waals surface area contributed by atoms with Crippen LogP contribution in [0.15, 0.2) is 24.3 Å². The van der Waals surface area contributed by atoms with E-state index >= 15 is 0 Å². The van der Waals surface area contributed by atoms with Crippen LogP contribution in [0.25, 0.3) is 0 Å². The second-order valence-electron chi connectivity index (χ2n) is 4.40. The van der Waals surface area contributed by atoms with Crippen LogP contribution in [0.4, 0.5) is 4.79 Å². The number of ether oxygens (including phenoxy) is 1. The van der Waals surface area contributed by atoms with Crippen molar-refractivity contribution in [3.8, 4) is 5.75 Å². The second kappa shape index (κ2) is 6.26. The summed E-state index contributed by atoms with van der Waals surface area (Å²) in [7, 11) is 1.63. The van der Waals surface area contributed by atoms with Crippen molar-refractivity contribution in [1.82, 2.24) is 16.0 Å². The predicted octanol–water partition coefficient (Wildman–Crippen LogP) is 0.714. The third kappa shape index (κ3) is 3.37. The number of nitrogens with one attached hydrogen (secondary N) is 3. The fourth-order valence-electron chi connectivity index (χ4n) is 1.82. The topological polar surface area (TPSA) is 62.4 Å². The van der Waals surface area contributed by atoms with Crippen LogP contribution in [-0.4, -0.2) is 32.8 Å². The summed E-state index contributed by atoms with van der Waals surface area (Å²) in [4.78, 5) is 11.6. The average Bonchev–Trinajstić information content (AvgIpc) is 2.35. The van der Waals surface area contributed by atoms with Crippen LogP contribution in [0.5, 0.6) is 5.75 Å². The molecule has 98 valence electrons. The number of carbonyl (C=O) groups is 1. The van der Waals surface area contributed by atoms with E-state index in [0.29, 0.717) is 12.5 Å². The fourth-order valence-corrected chi connectivity index (χ4v) is 1.82. The maximum Gasteiger partial charge on any atom is 0.315 e. The predicted molar refractivity (Wildman–Crippen MR) is 69.6 cm³/mol. The first-order chi connectivity index (χ1) is 8.79. The molecular formula is C13H19N3O2. The van der Waals surface area contributed by atoms with E-state index in [0.717, 1.165) is 30.9 Å². The number of methoxy groups -OCH3 is 1. The largest absolute Gasteiger partial charge is 0.496 e. The Labute approximate surface area is 107 Å². The minimum atomic E-state index is -0.132. The molecule has 0 bridgehead atoms. The summed E-state index contributed by atoms with van der Waals surface area (Å²) < 4.78 is 5.22. The highest BCUT2D eigenvalue weighted by Gasteiger charge is 2.16. The first-order valence-electron chi connectivity index (χ1n) is 6.14. The van der Waals surface area contributed by atoms with E-state index in [-0.39, 0.29) is 6.03 Å². The van der Waals surface area contributed by atoms with Crippen LogP contribution in [0.3, 0.4) is 0 Å². The molecule has 0 spiro atoms. The van der Waals surface area contributed by atoms with Gasteiger partial charge >= 0.3 is 6.03 Å². The molecule has 1 aromatic rings. The molecule has 1 aliphatic rings. The van der Waals surface area contributed by atoms with Crippen molar-refractivity contribution >= 4 is 6.03 Å². The molecule has 1 heterocycles. The monoisotopic (exact) mass is 249 g/mol. The third-order valence-electron chi connectivity index (χ3n) is 3.05. The zero-order valence-electron chi connectivity index (χ0n) is 10.5. The molecule has 1 fully saturated rings. The fraction of sp³-hybridized carbons (Fsp3) is 0.462. The molecule has 0 atom stereocenters. The van der Waals surface area contributed by atoms with E-state index in [1.807, 2.05) is 24.3 Å². The van der Waals surface area contributed by atoms with Gasteiger partial charge in [-0.2, -0.15) is 0 Å². The van der Waals surface area contributed by atoms with Crippen molar-refractivity contribution in [2.24, 2.45) is 5.92 Å². The molecule has 18 heavy (non-hydrogen) atoms. The molecule has 0 radical (unpaired) electrons. The Balaban J connectivity index is 1.74. The van der Waals surface area contributed by atoms with Gasteiger partial charge in [-0.05, 0) is 6.07 Å². The zero-order valence-corrected chi connectivity index (χ0v) is 10.5. The van der Waals surface area contributed by atoms with Gasteiger partial charge in [-0.1, -0.05) is 18.2 Å². The number of rotatable bonds is 5. The number of para-hydroxylation sites is 1. The Kier molecular flexibility index (Phi) is 4.41. The van der Waals surface area contributed by atoms with Crippen molar-refractivity contribution in [2.75, 3.05) is 26.7 Å². The quantitative estimate of drug-likeness (QED) is 0.720. The van der Waals surface area contributed by atoms with E-state index in [2.05, 4.69) is 16.0 Å². The van der Waals surface area contributed by atoms with Crippen molar-refractivity contribution in [3.05, 3.63) is 29.8 Å². The summed E-state index contributed by atoms with van der Waals surface area (Å²) in [5.74, 6) is 1.36. The van der Waals surface area contributed by atoms with E-state index < -0.39 is 0 Å². The number of carbonyl (C=O) groups excluding carboxylic acids is 1. The first kappa shape index (κ1) is 12.7. The van der Waals surface area contributed by atoms with Crippen LogP contribution in [0.2, 0.25) is 0 Å². The van der Waals surface area contributed by atoms with Gasteiger partial charge in [0.15, 0.2) is 0 Å². The summed E-state index contributed by atoms with van der Waals surface area (Å²) in [5.41, 5.74) is 0.973. The lowest BCUT2D eigenvalue weighted by Crippen LogP contribution is -2.49. The van der Waals surface area contributed by atoms with Crippen molar-refractivity contribution < 1.29 is 9.53 Å². The maximum atomic E-state index is 11.6. The SMILES string of the molecule is COc1ccccc1CNC(=O)NCC1CNC1. The molecule has 1 aromatic carbocycles. The Bertz CT molecular complexity index is 405. The van der Waals surface area contributed by atoms with Gasteiger partial charge in [-0.15, -0.1) is 0 Å². The summed E-state index contributed by atoms with van der Waals surface area (Å²) in [5, 5.41) is 8.86. The molecule has 1 aliphatic heterocycles. The molecule has 0 aliphatic carbocycles. The van der Waals surface area contributed by atoms with Crippen molar-refractivity contribution in [1.29, 1.82) is 0 Å². The molecule has 0 saturated carbocycles. The Morgan fingerprint density at radius 2 is 2.17 bits per heavy atom. The molecule has 5 nitrogen and oxygen atoms in total. The number of amides is 2. The number of urea groups is 1. The van der Waals surface area contributed by atoms with Gasteiger partial charge in [0.1, 0.15) is 5.75 Å². The number of hydrogen-bond acceptors (Lipinski definition) is 3. The van der Waals surface area contributed by atoms with Crippen LogP contribution in [-0.2, 0) is 6.54 Å². The minimum Gasteiger partial charge on any atom is -0.496 e. The summed E-state index contributed by atoms with van der Waals surface area (Å²) >= 11 is 0. The highest BCUT2D eigenvalue weighted by molar-refractivity contribution is 5.73. The summed E-state index contributed by atoms with van der Waals surface area (Å²) in [6, 6.07) is 7.53. The van der Waals surface area contributed by atoms with Crippen LogP contribution in [0.1, 0.15) is 5.56 Å². The lowest BCUT2D eigenvalue weighted by molar-refractivity contribution is 0.235. The van der Waals surface area contributed by atoms with E-state index in [4.69, 9.17) is 4.74 Å². The number of benzene rings is 1. The molecule has 2 amide bonds. The maximum absolute atomic E-state index is 11.6. The van der Waals surface area contributed by atoms with Gasteiger partial charge in [-0.25, -0.2) is 4.79 Å². The van der Waals surface area contributed by atoms with Gasteiger partial charge in [0, 0.05) is 37.7 Å². The standard InChI is InChI=1S/C13H19N3O2/c1-18-12-5-3-2-4-11(12)9-16-13(17)15-8-10-6-14-7-10/h2-5,10,14H,6-9H2,1H3,(H2,15,16,17). The molecule has 2 rings (SSSR count). The first-order valence-corrected chi connectivity index (χ1v) is 6.14. The molecule has 0 aromatic heterocycles. The Morgan fingerprint density at radius 1 is 1.39 bits per heavy atom.